The van der Waals surface area contributed by atoms with Crippen LogP contribution in [0, 0.1) is 11.3 Å². The number of nitrogens with zero attached hydrogens (tertiary/aromatic N) is 1. The van der Waals surface area contributed by atoms with Crippen LogP contribution in [0.25, 0.3) is 0 Å². The summed E-state index contributed by atoms with van der Waals surface area (Å²) < 4.78 is 5.53. The number of ether oxygens (including phenoxy) is 1. The van der Waals surface area contributed by atoms with Crippen LogP contribution >= 0.6 is 0 Å². The highest BCUT2D eigenvalue weighted by Crippen LogP contribution is 2.08. The van der Waals surface area contributed by atoms with E-state index in [1.807, 2.05) is 13.8 Å². The van der Waals surface area contributed by atoms with Gasteiger partial charge in [0.05, 0.1) is 6.07 Å². The van der Waals surface area contributed by atoms with Crippen molar-refractivity contribution in [1.29, 1.82) is 5.26 Å². The highest BCUT2D eigenvalue weighted by atomic mass is 16.5. The third-order valence-electron chi connectivity index (χ3n) is 2.70. The summed E-state index contributed by atoms with van der Waals surface area (Å²) in [6.07, 6.45) is 5.69. The molecule has 0 aromatic rings. The van der Waals surface area contributed by atoms with Gasteiger partial charge in [-0.3, -0.25) is 5.32 Å². The van der Waals surface area contributed by atoms with Crippen LogP contribution in [0.5, 0.6) is 0 Å². The van der Waals surface area contributed by atoms with E-state index < -0.39 is 5.54 Å². The van der Waals surface area contributed by atoms with Crippen molar-refractivity contribution in [2.75, 3.05) is 19.8 Å². The average molecular weight is 226 g/mol. The van der Waals surface area contributed by atoms with Gasteiger partial charge in [0.25, 0.3) is 0 Å². The van der Waals surface area contributed by atoms with Crippen molar-refractivity contribution in [3.63, 3.8) is 0 Å². The van der Waals surface area contributed by atoms with Crippen molar-refractivity contribution < 1.29 is 4.74 Å². The third-order valence-corrected chi connectivity index (χ3v) is 2.70. The number of nitriles is 1. The van der Waals surface area contributed by atoms with E-state index in [0.717, 1.165) is 26.0 Å². The smallest absolute Gasteiger partial charge is 0.106 e. The molecule has 0 aliphatic carbocycles. The largest absolute Gasteiger partial charge is 0.381 e. The van der Waals surface area contributed by atoms with Gasteiger partial charge in [-0.05, 0) is 19.9 Å². The summed E-state index contributed by atoms with van der Waals surface area (Å²) in [5, 5.41) is 12.2. The van der Waals surface area contributed by atoms with Crippen LogP contribution in [0.1, 0.15) is 52.9 Å². The number of hydrogen-bond acceptors (Lipinski definition) is 3. The van der Waals surface area contributed by atoms with Gasteiger partial charge in [0.2, 0.25) is 0 Å². The maximum Gasteiger partial charge on any atom is 0.106 e. The summed E-state index contributed by atoms with van der Waals surface area (Å²) in [6.45, 7) is 8.46. The Morgan fingerprint density at radius 1 is 1.19 bits per heavy atom. The second-order valence-corrected chi connectivity index (χ2v) is 4.40. The second-order valence-electron chi connectivity index (χ2n) is 4.40. The summed E-state index contributed by atoms with van der Waals surface area (Å²) in [4.78, 5) is 0. The maximum atomic E-state index is 9.02. The first kappa shape index (κ1) is 15.4. The molecule has 0 saturated heterocycles. The van der Waals surface area contributed by atoms with Crippen molar-refractivity contribution in [1.82, 2.24) is 5.32 Å². The first-order valence-corrected chi connectivity index (χ1v) is 6.42. The molecule has 16 heavy (non-hydrogen) atoms. The first-order valence-electron chi connectivity index (χ1n) is 6.42. The van der Waals surface area contributed by atoms with Crippen molar-refractivity contribution in [3.8, 4) is 6.07 Å². The molecule has 1 atom stereocenters. The van der Waals surface area contributed by atoms with Crippen LogP contribution in [0.15, 0.2) is 0 Å². The van der Waals surface area contributed by atoms with Crippen LogP contribution in [-0.4, -0.2) is 25.3 Å². The van der Waals surface area contributed by atoms with Gasteiger partial charge in [0.15, 0.2) is 0 Å². The number of unbranched alkanes of at least 4 members (excludes halogenated alkanes) is 3. The van der Waals surface area contributed by atoms with Crippen molar-refractivity contribution in [2.24, 2.45) is 0 Å². The molecule has 0 aliphatic heterocycles. The zero-order valence-corrected chi connectivity index (χ0v) is 11.0. The summed E-state index contributed by atoms with van der Waals surface area (Å²) in [5.41, 5.74) is -0.432. The highest BCUT2D eigenvalue weighted by molar-refractivity contribution is 5.03. The van der Waals surface area contributed by atoms with E-state index >= 15 is 0 Å². The predicted octanol–water partition coefficient (Wildman–Crippen LogP) is 2.87. The molecular formula is C13H26N2O. The monoisotopic (exact) mass is 226 g/mol. The van der Waals surface area contributed by atoms with Gasteiger partial charge in [-0.25, -0.2) is 0 Å². The SMILES string of the molecule is CCCCCCOCCC(C)(C#N)NCC. The van der Waals surface area contributed by atoms with E-state index in [1.165, 1.54) is 19.3 Å². The van der Waals surface area contributed by atoms with Crippen LogP contribution in [0.2, 0.25) is 0 Å². The van der Waals surface area contributed by atoms with E-state index in [0.29, 0.717) is 6.61 Å². The summed E-state index contributed by atoms with van der Waals surface area (Å²) in [6, 6.07) is 2.30. The Hall–Kier alpha value is -0.590. The van der Waals surface area contributed by atoms with Gasteiger partial charge < -0.3 is 4.74 Å². The highest BCUT2D eigenvalue weighted by Gasteiger charge is 2.21. The molecule has 0 rings (SSSR count). The summed E-state index contributed by atoms with van der Waals surface area (Å²) in [7, 11) is 0. The molecule has 1 unspecified atom stereocenters. The van der Waals surface area contributed by atoms with Crippen molar-refractivity contribution in [3.05, 3.63) is 0 Å². The molecule has 0 fully saturated rings. The minimum absolute atomic E-state index is 0.432. The Balaban J connectivity index is 3.46. The number of rotatable bonds is 10. The molecule has 0 aromatic heterocycles. The van der Waals surface area contributed by atoms with Gasteiger partial charge in [-0.2, -0.15) is 5.26 Å². The predicted molar refractivity (Wildman–Crippen MR) is 67.3 cm³/mol. The molecule has 3 nitrogen and oxygen atoms in total. The van der Waals surface area contributed by atoms with Gasteiger partial charge in [0, 0.05) is 19.6 Å². The molecule has 1 N–H and O–H groups in total. The minimum atomic E-state index is -0.432. The third kappa shape index (κ3) is 7.67. The lowest BCUT2D eigenvalue weighted by Gasteiger charge is -2.22. The zero-order valence-electron chi connectivity index (χ0n) is 11.0. The first-order chi connectivity index (χ1) is 7.68. The van der Waals surface area contributed by atoms with Crippen molar-refractivity contribution >= 4 is 0 Å². The van der Waals surface area contributed by atoms with Crippen LogP contribution < -0.4 is 5.32 Å². The molecule has 0 radical (unpaired) electrons. The van der Waals surface area contributed by atoms with Gasteiger partial charge >= 0.3 is 0 Å². The Labute approximate surface area is 100 Å². The average Bonchev–Trinajstić information content (AvgIpc) is 2.28. The molecule has 0 aromatic carbocycles. The summed E-state index contributed by atoms with van der Waals surface area (Å²) >= 11 is 0. The topological polar surface area (TPSA) is 45.0 Å². The van der Waals surface area contributed by atoms with Gasteiger partial charge in [-0.15, -0.1) is 0 Å². The number of nitrogens with one attached hydrogen (secondary N) is 1. The Kier molecular flexibility index (Phi) is 9.27. The summed E-state index contributed by atoms with van der Waals surface area (Å²) in [5.74, 6) is 0. The minimum Gasteiger partial charge on any atom is -0.381 e. The van der Waals surface area contributed by atoms with Gasteiger partial charge in [-0.1, -0.05) is 33.1 Å². The molecule has 0 heterocycles. The fourth-order valence-corrected chi connectivity index (χ4v) is 1.58. The molecule has 94 valence electrons. The molecule has 0 aliphatic rings. The lowest BCUT2D eigenvalue weighted by atomic mass is 10.0. The lowest BCUT2D eigenvalue weighted by Crippen LogP contribution is -2.41. The Bertz CT molecular complexity index is 201. The molecule has 0 bridgehead atoms. The van der Waals surface area contributed by atoms with Gasteiger partial charge in [0.1, 0.15) is 5.54 Å². The standard InChI is InChI=1S/C13H26N2O/c1-4-6-7-8-10-16-11-9-13(3,12-14)15-5-2/h15H,4-11H2,1-3H3. The molecule has 3 heteroatoms. The van der Waals surface area contributed by atoms with Crippen LogP contribution in [-0.2, 0) is 4.74 Å². The maximum absolute atomic E-state index is 9.02. The molecule has 0 amide bonds. The normalized spacial score (nSPS) is 14.4. The quantitative estimate of drug-likeness (QED) is 0.583. The van der Waals surface area contributed by atoms with Crippen LogP contribution in [0.4, 0.5) is 0 Å². The fourth-order valence-electron chi connectivity index (χ4n) is 1.58. The van der Waals surface area contributed by atoms with E-state index in [4.69, 9.17) is 10.00 Å². The zero-order chi connectivity index (χ0) is 12.3. The Morgan fingerprint density at radius 3 is 2.50 bits per heavy atom. The van der Waals surface area contributed by atoms with Crippen LogP contribution in [0.3, 0.4) is 0 Å². The lowest BCUT2D eigenvalue weighted by molar-refractivity contribution is 0.115. The molecular weight excluding hydrogens is 200 g/mol. The van der Waals surface area contributed by atoms with Crippen molar-refractivity contribution in [2.45, 2.75) is 58.4 Å². The van der Waals surface area contributed by atoms with E-state index in [-0.39, 0.29) is 0 Å². The molecule has 0 saturated carbocycles. The number of hydrogen-bond donors (Lipinski definition) is 1. The Morgan fingerprint density at radius 2 is 1.94 bits per heavy atom. The molecule has 0 spiro atoms. The van der Waals surface area contributed by atoms with E-state index in [2.05, 4.69) is 18.3 Å². The van der Waals surface area contributed by atoms with E-state index in [9.17, 15) is 0 Å². The second kappa shape index (κ2) is 9.62. The fraction of sp³-hybridized carbons (Fsp3) is 0.923. The van der Waals surface area contributed by atoms with E-state index in [1.54, 1.807) is 0 Å².